The van der Waals surface area contributed by atoms with Crippen LogP contribution in [0.1, 0.15) is 18.9 Å². The molecule has 0 spiro atoms. The summed E-state index contributed by atoms with van der Waals surface area (Å²) in [4.78, 5) is 20.2. The number of nitrogens with zero attached hydrogens (tertiary/aromatic N) is 1. The molecule has 86 valence electrons. The maximum atomic E-state index is 13.4. The topological polar surface area (TPSA) is 60.2 Å². The number of ketones is 1. The summed E-state index contributed by atoms with van der Waals surface area (Å²) < 4.78 is 26.6. The number of benzene rings is 1. The Morgan fingerprint density at radius 2 is 2.06 bits per heavy atom. The number of halogens is 2. The zero-order valence-corrected chi connectivity index (χ0v) is 8.50. The Kier molecular flexibility index (Phi) is 3.65. The first-order valence-corrected chi connectivity index (χ1v) is 4.54. The molecule has 0 N–H and O–H groups in total. The van der Waals surface area contributed by atoms with Gasteiger partial charge >= 0.3 is 5.69 Å². The van der Waals surface area contributed by atoms with Crippen LogP contribution >= 0.6 is 0 Å². The average molecular weight is 229 g/mol. The fraction of sp³-hybridized carbons (Fsp3) is 0.300. The van der Waals surface area contributed by atoms with E-state index in [-0.39, 0.29) is 18.6 Å². The molecule has 0 atom stereocenters. The molecule has 4 nitrogen and oxygen atoms in total. The molecular weight excluding hydrogens is 220 g/mol. The van der Waals surface area contributed by atoms with Crippen molar-refractivity contribution in [2.45, 2.75) is 19.8 Å². The van der Waals surface area contributed by atoms with Gasteiger partial charge in [-0.2, -0.15) is 4.39 Å². The minimum absolute atomic E-state index is 0.0466. The summed E-state index contributed by atoms with van der Waals surface area (Å²) in [6, 6.07) is 1.60. The number of rotatable bonds is 4. The van der Waals surface area contributed by atoms with Crippen LogP contribution in [0.25, 0.3) is 0 Å². The van der Waals surface area contributed by atoms with E-state index in [0.717, 1.165) is 12.1 Å². The normalized spacial score (nSPS) is 10.2. The predicted octanol–water partition coefficient (Wildman–Crippen LogP) is 2.39. The van der Waals surface area contributed by atoms with Crippen LogP contribution in [0.15, 0.2) is 12.1 Å². The summed E-state index contributed by atoms with van der Waals surface area (Å²) in [6.45, 7) is 1.28. The molecule has 0 aliphatic heterocycles. The van der Waals surface area contributed by atoms with Gasteiger partial charge < -0.3 is 4.79 Å². The largest absolute Gasteiger partial charge is 0.305 e. The minimum atomic E-state index is -1.20. The Hall–Kier alpha value is -1.85. The van der Waals surface area contributed by atoms with E-state index in [1.54, 1.807) is 0 Å². The summed E-state index contributed by atoms with van der Waals surface area (Å²) >= 11 is 0. The van der Waals surface area contributed by atoms with Crippen LogP contribution in [0.3, 0.4) is 0 Å². The summed E-state index contributed by atoms with van der Waals surface area (Å²) in [5.41, 5.74) is -1.19. The molecule has 0 bridgehead atoms. The lowest BCUT2D eigenvalue weighted by Gasteiger charge is -2.03. The Labute approximate surface area is 90.0 Å². The van der Waals surface area contributed by atoms with Crippen LogP contribution in [0.4, 0.5) is 14.5 Å². The van der Waals surface area contributed by atoms with Gasteiger partial charge in [-0.25, -0.2) is 4.39 Å². The monoisotopic (exact) mass is 229 g/mol. The van der Waals surface area contributed by atoms with Crippen molar-refractivity contribution in [1.29, 1.82) is 0 Å². The minimum Gasteiger partial charge on any atom is -0.300 e. The second kappa shape index (κ2) is 4.78. The Bertz CT molecular complexity index is 446. The Morgan fingerprint density at radius 3 is 2.56 bits per heavy atom. The van der Waals surface area contributed by atoms with Crippen LogP contribution in [-0.4, -0.2) is 10.7 Å². The van der Waals surface area contributed by atoms with E-state index in [0.29, 0.717) is 0 Å². The standard InChI is InChI=1S/C10H9F2NO3/c1-6(14)2-3-7-8(11)4-5-9(10(7)12)13(15)16/h4-5H,2-3H2,1H3. The molecule has 6 heteroatoms. The summed E-state index contributed by atoms with van der Waals surface area (Å²) in [7, 11) is 0. The number of Topliss-reactive ketones (excluding diaryl/α,β-unsaturated/α-hetero) is 1. The first-order valence-electron chi connectivity index (χ1n) is 4.54. The van der Waals surface area contributed by atoms with Crippen LogP contribution in [0.5, 0.6) is 0 Å². The highest BCUT2D eigenvalue weighted by molar-refractivity contribution is 5.75. The van der Waals surface area contributed by atoms with E-state index in [9.17, 15) is 23.7 Å². The highest BCUT2D eigenvalue weighted by Crippen LogP contribution is 2.24. The first-order chi connectivity index (χ1) is 7.43. The predicted molar refractivity (Wildman–Crippen MR) is 52.0 cm³/mol. The molecule has 1 rings (SSSR count). The van der Waals surface area contributed by atoms with Crippen LogP contribution in [0.2, 0.25) is 0 Å². The van der Waals surface area contributed by atoms with E-state index in [1.165, 1.54) is 6.92 Å². The van der Waals surface area contributed by atoms with Gasteiger partial charge in [0.05, 0.1) is 4.92 Å². The van der Waals surface area contributed by atoms with Gasteiger partial charge in [0, 0.05) is 18.1 Å². The van der Waals surface area contributed by atoms with Gasteiger partial charge in [0.15, 0.2) is 0 Å². The van der Waals surface area contributed by atoms with Gasteiger partial charge in [0.1, 0.15) is 11.6 Å². The molecule has 0 heterocycles. The Morgan fingerprint density at radius 1 is 1.44 bits per heavy atom. The van der Waals surface area contributed by atoms with Crippen molar-refractivity contribution in [1.82, 2.24) is 0 Å². The fourth-order valence-corrected chi connectivity index (χ4v) is 1.26. The average Bonchev–Trinajstić information content (AvgIpc) is 2.16. The maximum Gasteiger partial charge on any atom is 0.305 e. The molecular formula is C10H9F2NO3. The van der Waals surface area contributed by atoms with Crippen molar-refractivity contribution in [3.63, 3.8) is 0 Å². The number of carbonyl (C=O) groups is 1. The quantitative estimate of drug-likeness (QED) is 0.588. The summed E-state index contributed by atoms with van der Waals surface area (Å²) in [5.74, 6) is -2.30. The smallest absolute Gasteiger partial charge is 0.300 e. The van der Waals surface area contributed by atoms with Gasteiger partial charge in [-0.05, 0) is 19.4 Å². The number of carbonyl (C=O) groups excluding carboxylic acids is 1. The maximum absolute atomic E-state index is 13.4. The lowest BCUT2D eigenvalue weighted by atomic mass is 10.1. The van der Waals surface area contributed by atoms with Crippen molar-refractivity contribution >= 4 is 11.5 Å². The van der Waals surface area contributed by atoms with E-state index < -0.39 is 27.8 Å². The van der Waals surface area contributed by atoms with Crippen molar-refractivity contribution in [2.24, 2.45) is 0 Å². The molecule has 1 aromatic rings. The van der Waals surface area contributed by atoms with Gasteiger partial charge in [-0.15, -0.1) is 0 Å². The Balaban J connectivity index is 3.11. The van der Waals surface area contributed by atoms with Crippen molar-refractivity contribution in [3.8, 4) is 0 Å². The number of nitro groups is 1. The molecule has 0 aliphatic rings. The first kappa shape index (κ1) is 12.2. The fourth-order valence-electron chi connectivity index (χ4n) is 1.26. The third-order valence-corrected chi connectivity index (χ3v) is 2.09. The van der Waals surface area contributed by atoms with E-state index >= 15 is 0 Å². The molecule has 0 radical (unpaired) electrons. The van der Waals surface area contributed by atoms with E-state index in [4.69, 9.17) is 0 Å². The highest BCUT2D eigenvalue weighted by atomic mass is 19.1. The summed E-state index contributed by atoms with van der Waals surface area (Å²) in [6.07, 6.45) is -0.219. The van der Waals surface area contributed by atoms with E-state index in [1.807, 2.05) is 0 Å². The van der Waals surface area contributed by atoms with Crippen molar-refractivity contribution in [3.05, 3.63) is 39.4 Å². The lowest BCUT2D eigenvalue weighted by Crippen LogP contribution is -2.03. The van der Waals surface area contributed by atoms with Gasteiger partial charge in [-0.3, -0.25) is 10.1 Å². The van der Waals surface area contributed by atoms with Crippen LogP contribution in [0, 0.1) is 21.7 Å². The third kappa shape index (κ3) is 2.59. The van der Waals surface area contributed by atoms with Crippen molar-refractivity contribution in [2.75, 3.05) is 0 Å². The van der Waals surface area contributed by atoms with Gasteiger partial charge in [0.2, 0.25) is 5.82 Å². The molecule has 0 amide bonds. The molecule has 0 aromatic heterocycles. The second-order valence-corrected chi connectivity index (χ2v) is 3.32. The van der Waals surface area contributed by atoms with Gasteiger partial charge in [0.25, 0.3) is 0 Å². The van der Waals surface area contributed by atoms with Crippen molar-refractivity contribution < 1.29 is 18.5 Å². The SMILES string of the molecule is CC(=O)CCc1c(F)ccc([N+](=O)[O-])c1F. The molecule has 1 aromatic carbocycles. The molecule has 0 saturated heterocycles. The van der Waals surface area contributed by atoms with E-state index in [2.05, 4.69) is 0 Å². The molecule has 16 heavy (non-hydrogen) atoms. The number of hydrogen-bond donors (Lipinski definition) is 0. The third-order valence-electron chi connectivity index (χ3n) is 2.09. The second-order valence-electron chi connectivity index (χ2n) is 3.32. The van der Waals surface area contributed by atoms with Gasteiger partial charge in [-0.1, -0.05) is 0 Å². The number of nitro benzene ring substituents is 1. The lowest BCUT2D eigenvalue weighted by molar-refractivity contribution is -0.387. The molecule has 0 fully saturated rings. The van der Waals surface area contributed by atoms with Crippen LogP contribution in [-0.2, 0) is 11.2 Å². The highest BCUT2D eigenvalue weighted by Gasteiger charge is 2.21. The summed E-state index contributed by atoms with van der Waals surface area (Å²) in [5, 5.41) is 10.4. The molecule has 0 saturated carbocycles. The number of hydrogen-bond acceptors (Lipinski definition) is 3. The molecule has 0 aliphatic carbocycles. The molecule has 0 unspecified atom stereocenters. The zero-order chi connectivity index (χ0) is 12.3. The van der Waals surface area contributed by atoms with Crippen LogP contribution < -0.4 is 0 Å². The zero-order valence-electron chi connectivity index (χ0n) is 8.50.